The fourth-order valence-electron chi connectivity index (χ4n) is 3.38. The van der Waals surface area contributed by atoms with Gasteiger partial charge in [-0.05, 0) is 66.8 Å². The van der Waals surface area contributed by atoms with Crippen LogP contribution in [0.4, 0.5) is 5.69 Å². The zero-order valence-corrected chi connectivity index (χ0v) is 20.7. The number of fused-ring (bicyclic) bond motifs is 1. The molecule has 0 unspecified atom stereocenters. The third-order valence-electron chi connectivity index (χ3n) is 5.02. The summed E-state index contributed by atoms with van der Waals surface area (Å²) in [6, 6.07) is 20.9. The first-order chi connectivity index (χ1) is 16.9. The standard InChI is InChI=1S/C25H14Cl3N3O3S/c26-16-6-2-1-4-14(16)24-30-18-12-13(8-9-20(18)34-24)29-25(35)31-23(32)21-11-10-19(33-21)15-5-3-7-17(27)22(15)28/h1-12H,(H2,29,31,32,35). The Bertz CT molecular complexity index is 1600. The van der Waals surface area contributed by atoms with Gasteiger partial charge in [0.15, 0.2) is 16.5 Å². The molecular weight excluding hydrogens is 529 g/mol. The van der Waals surface area contributed by atoms with Crippen molar-refractivity contribution in [2.45, 2.75) is 0 Å². The van der Waals surface area contributed by atoms with E-state index in [9.17, 15) is 4.79 Å². The SMILES string of the molecule is O=C(NC(=S)Nc1ccc2oc(-c3ccccc3Cl)nc2c1)c1ccc(-c2cccc(Cl)c2Cl)o1. The quantitative estimate of drug-likeness (QED) is 0.225. The van der Waals surface area contributed by atoms with Crippen LogP contribution >= 0.6 is 47.0 Å². The van der Waals surface area contributed by atoms with Crippen molar-refractivity contribution in [3.05, 3.63) is 93.6 Å². The van der Waals surface area contributed by atoms with E-state index in [1.165, 1.54) is 6.07 Å². The zero-order valence-electron chi connectivity index (χ0n) is 17.6. The van der Waals surface area contributed by atoms with Crippen molar-refractivity contribution in [1.82, 2.24) is 10.3 Å². The van der Waals surface area contributed by atoms with Crippen molar-refractivity contribution in [3.8, 4) is 22.8 Å². The number of carbonyl (C=O) groups is 1. The number of oxazole rings is 1. The van der Waals surface area contributed by atoms with Crippen molar-refractivity contribution < 1.29 is 13.6 Å². The fraction of sp³-hybridized carbons (Fsp3) is 0. The predicted octanol–water partition coefficient (Wildman–Crippen LogP) is 7.84. The number of aromatic nitrogens is 1. The number of nitrogens with one attached hydrogen (secondary N) is 2. The van der Waals surface area contributed by atoms with Gasteiger partial charge < -0.3 is 14.2 Å². The lowest BCUT2D eigenvalue weighted by atomic mass is 10.2. The molecule has 0 atom stereocenters. The Morgan fingerprint density at radius 3 is 2.46 bits per heavy atom. The Balaban J connectivity index is 1.28. The largest absolute Gasteiger partial charge is 0.451 e. The lowest BCUT2D eigenvalue weighted by Gasteiger charge is -2.08. The van der Waals surface area contributed by atoms with Crippen molar-refractivity contribution >= 4 is 74.8 Å². The summed E-state index contributed by atoms with van der Waals surface area (Å²) in [4.78, 5) is 17.1. The average molecular weight is 543 g/mol. The van der Waals surface area contributed by atoms with E-state index in [-0.39, 0.29) is 10.9 Å². The van der Waals surface area contributed by atoms with Crippen molar-refractivity contribution in [3.63, 3.8) is 0 Å². The number of amides is 1. The van der Waals surface area contributed by atoms with Crippen LogP contribution in [0.15, 0.2) is 81.6 Å². The lowest BCUT2D eigenvalue weighted by Crippen LogP contribution is -2.33. The van der Waals surface area contributed by atoms with E-state index in [1.54, 1.807) is 48.5 Å². The molecule has 0 bridgehead atoms. The Morgan fingerprint density at radius 2 is 1.63 bits per heavy atom. The first-order valence-corrected chi connectivity index (χ1v) is 11.8. The van der Waals surface area contributed by atoms with Gasteiger partial charge in [-0.1, -0.05) is 53.0 Å². The normalized spacial score (nSPS) is 10.9. The highest BCUT2D eigenvalue weighted by Gasteiger charge is 2.17. The second-order valence-corrected chi connectivity index (χ2v) is 8.96. The maximum Gasteiger partial charge on any atom is 0.293 e. The summed E-state index contributed by atoms with van der Waals surface area (Å²) in [7, 11) is 0. The van der Waals surface area contributed by atoms with E-state index >= 15 is 0 Å². The number of hydrogen-bond donors (Lipinski definition) is 2. The van der Waals surface area contributed by atoms with Crippen LogP contribution in [0.1, 0.15) is 10.6 Å². The zero-order chi connectivity index (χ0) is 24.5. The number of hydrogen-bond acceptors (Lipinski definition) is 5. The number of anilines is 1. The third kappa shape index (κ3) is 4.90. The van der Waals surface area contributed by atoms with Crippen LogP contribution in [-0.4, -0.2) is 16.0 Å². The lowest BCUT2D eigenvalue weighted by molar-refractivity contribution is 0.0951. The third-order valence-corrected chi connectivity index (χ3v) is 6.38. The number of carbonyl (C=O) groups excluding carboxylic acids is 1. The van der Waals surface area contributed by atoms with Gasteiger partial charge in [0, 0.05) is 11.3 Å². The molecule has 1 amide bonds. The van der Waals surface area contributed by atoms with Gasteiger partial charge in [-0.3, -0.25) is 10.1 Å². The molecular formula is C25H14Cl3N3O3S. The topological polar surface area (TPSA) is 80.3 Å². The molecule has 174 valence electrons. The predicted molar refractivity (Wildman–Crippen MR) is 142 cm³/mol. The number of furan rings is 1. The van der Waals surface area contributed by atoms with Gasteiger partial charge in [-0.25, -0.2) is 4.98 Å². The summed E-state index contributed by atoms with van der Waals surface area (Å²) in [5.41, 5.74) is 3.08. The van der Waals surface area contributed by atoms with Gasteiger partial charge in [0.25, 0.3) is 5.91 Å². The molecule has 2 N–H and O–H groups in total. The smallest absolute Gasteiger partial charge is 0.293 e. The van der Waals surface area contributed by atoms with Crippen molar-refractivity contribution in [2.24, 2.45) is 0 Å². The Kier molecular flexibility index (Phi) is 6.49. The summed E-state index contributed by atoms with van der Waals surface area (Å²) < 4.78 is 11.5. The molecule has 0 fully saturated rings. The first kappa shape index (κ1) is 23.4. The number of thiocarbonyl (C=S) groups is 1. The molecule has 0 aliphatic rings. The molecule has 0 aliphatic carbocycles. The highest BCUT2D eigenvalue weighted by molar-refractivity contribution is 7.80. The summed E-state index contributed by atoms with van der Waals surface area (Å²) in [5, 5.41) is 6.91. The van der Waals surface area contributed by atoms with Crippen LogP contribution in [0.3, 0.4) is 0 Å². The molecule has 0 spiro atoms. The number of rotatable bonds is 4. The summed E-state index contributed by atoms with van der Waals surface area (Å²) in [6.07, 6.45) is 0. The van der Waals surface area contributed by atoms with Crippen LogP contribution < -0.4 is 10.6 Å². The van der Waals surface area contributed by atoms with Gasteiger partial charge in [-0.15, -0.1) is 0 Å². The number of benzene rings is 3. The molecule has 0 aliphatic heterocycles. The molecule has 0 saturated heterocycles. The Labute approximate surface area is 219 Å². The van der Waals surface area contributed by atoms with E-state index in [4.69, 9.17) is 55.9 Å². The van der Waals surface area contributed by atoms with E-state index in [0.29, 0.717) is 54.6 Å². The molecule has 5 aromatic rings. The first-order valence-electron chi connectivity index (χ1n) is 10.2. The molecule has 10 heteroatoms. The van der Waals surface area contributed by atoms with Gasteiger partial charge in [0.2, 0.25) is 5.89 Å². The summed E-state index contributed by atoms with van der Waals surface area (Å²) in [6.45, 7) is 0. The van der Waals surface area contributed by atoms with Gasteiger partial charge >= 0.3 is 0 Å². The molecule has 0 radical (unpaired) electrons. The maximum atomic E-state index is 12.6. The Hall–Kier alpha value is -3.36. The number of nitrogens with zero attached hydrogens (tertiary/aromatic N) is 1. The van der Waals surface area contributed by atoms with E-state index < -0.39 is 5.91 Å². The second-order valence-electron chi connectivity index (χ2n) is 7.35. The minimum Gasteiger partial charge on any atom is -0.451 e. The van der Waals surface area contributed by atoms with Crippen LogP contribution in [-0.2, 0) is 0 Å². The van der Waals surface area contributed by atoms with Crippen molar-refractivity contribution in [2.75, 3.05) is 5.32 Å². The minimum absolute atomic E-state index is 0.0662. The summed E-state index contributed by atoms with van der Waals surface area (Å²) >= 11 is 23.8. The van der Waals surface area contributed by atoms with Crippen molar-refractivity contribution in [1.29, 1.82) is 0 Å². The van der Waals surface area contributed by atoms with E-state index in [1.807, 2.05) is 18.2 Å². The minimum atomic E-state index is -0.518. The van der Waals surface area contributed by atoms with Crippen LogP contribution in [0.25, 0.3) is 33.9 Å². The van der Waals surface area contributed by atoms with Crippen LogP contribution in [0.5, 0.6) is 0 Å². The molecule has 35 heavy (non-hydrogen) atoms. The Morgan fingerprint density at radius 1 is 0.857 bits per heavy atom. The highest BCUT2D eigenvalue weighted by Crippen LogP contribution is 2.34. The monoisotopic (exact) mass is 541 g/mol. The second kappa shape index (κ2) is 9.71. The van der Waals surface area contributed by atoms with Crippen LogP contribution in [0.2, 0.25) is 15.1 Å². The molecule has 2 heterocycles. The molecule has 0 saturated carbocycles. The summed E-state index contributed by atoms with van der Waals surface area (Å²) in [5.74, 6) is 0.367. The molecule has 2 aromatic heterocycles. The van der Waals surface area contributed by atoms with Gasteiger partial charge in [-0.2, -0.15) is 0 Å². The molecule has 3 aromatic carbocycles. The fourth-order valence-corrected chi connectivity index (χ4v) is 4.20. The van der Waals surface area contributed by atoms with Crippen LogP contribution in [0, 0.1) is 0 Å². The highest BCUT2D eigenvalue weighted by atomic mass is 35.5. The van der Waals surface area contributed by atoms with E-state index in [2.05, 4.69) is 15.6 Å². The molecule has 6 nitrogen and oxygen atoms in total. The average Bonchev–Trinajstić information content (AvgIpc) is 3.48. The van der Waals surface area contributed by atoms with E-state index in [0.717, 1.165) is 0 Å². The van der Waals surface area contributed by atoms with Gasteiger partial charge in [0.05, 0.1) is 20.6 Å². The molecule has 5 rings (SSSR count). The maximum absolute atomic E-state index is 12.6. The van der Waals surface area contributed by atoms with Gasteiger partial charge in [0.1, 0.15) is 11.3 Å². The number of halogens is 3.